The third-order valence-corrected chi connectivity index (χ3v) is 1.23. The monoisotopic (exact) mass is 190 g/mol. The molecule has 0 fully saturated rings. The molecule has 0 N–H and O–H groups in total. The molecule has 0 aromatic heterocycles. The van der Waals surface area contributed by atoms with Gasteiger partial charge in [0, 0.05) is 6.61 Å². The zero-order valence-electron chi connectivity index (χ0n) is 6.62. The summed E-state index contributed by atoms with van der Waals surface area (Å²) < 4.78 is 23.8. The van der Waals surface area contributed by atoms with Crippen LogP contribution in [0, 0.1) is 5.92 Å². The molecule has 0 amide bonds. The molecule has 0 radical (unpaired) electrons. The smallest absolute Gasteiger partial charge is 0.424 e. The van der Waals surface area contributed by atoms with Crippen molar-refractivity contribution in [1.29, 1.82) is 0 Å². The van der Waals surface area contributed by atoms with Gasteiger partial charge in [0.25, 0.3) is 0 Å². The van der Waals surface area contributed by atoms with Crippen LogP contribution >= 0.6 is 0 Å². The fourth-order valence-electron chi connectivity index (χ4n) is 0.352. The molecule has 0 spiro atoms. The maximum atomic E-state index is 9.76. The van der Waals surface area contributed by atoms with Gasteiger partial charge in [0.1, 0.15) is 0 Å². The Balaban J connectivity index is 0. The molecule has 0 atom stereocenters. The van der Waals surface area contributed by atoms with Gasteiger partial charge < -0.3 is 12.6 Å². The van der Waals surface area contributed by atoms with Crippen LogP contribution in [0.3, 0.4) is 0 Å². The third kappa shape index (κ3) is 12.2. The van der Waals surface area contributed by atoms with E-state index in [9.17, 15) is 8.42 Å². The van der Waals surface area contributed by atoms with Crippen molar-refractivity contribution >= 4 is 11.0 Å². The molecule has 0 saturated heterocycles. The molecule has 0 rings (SSSR count). The summed E-state index contributed by atoms with van der Waals surface area (Å²) in [6.45, 7) is 4.32. The minimum atomic E-state index is -2.33. The Kier molecular flexibility index (Phi) is 12.2. The summed E-state index contributed by atoms with van der Waals surface area (Å²) in [6.07, 6.45) is 0.786. The van der Waals surface area contributed by atoms with Crippen LogP contribution in [0.5, 0.6) is 0 Å². The van der Waals surface area contributed by atoms with Crippen molar-refractivity contribution in [3.8, 4) is 0 Å². The molecule has 0 aromatic carbocycles. The van der Waals surface area contributed by atoms with Crippen molar-refractivity contribution in [1.82, 2.24) is 0 Å². The van der Waals surface area contributed by atoms with E-state index in [0.717, 1.165) is 6.42 Å². The Bertz CT molecular complexity index is 125. The first kappa shape index (κ1) is 14.1. The second kappa shape index (κ2) is 8.64. The number of hydrogen-bond donors (Lipinski definition) is 0. The molecular formula is C5H11KO3S. The second-order valence-corrected chi connectivity index (χ2v) is 2.85. The van der Waals surface area contributed by atoms with Crippen LogP contribution in [0.2, 0.25) is 0 Å². The van der Waals surface area contributed by atoms with Crippen LogP contribution in [-0.2, 0) is 23.6 Å². The average molecular weight is 190 g/mol. The fraction of sp³-hybridized carbons (Fsp3) is 1.00. The summed E-state index contributed by atoms with van der Waals surface area (Å²) in [5.74, 6) is 0.494. The quantitative estimate of drug-likeness (QED) is 0.391. The Hall–Kier alpha value is 1.55. The summed E-state index contributed by atoms with van der Waals surface area (Å²) in [5, 5.41) is 0. The molecule has 56 valence electrons. The Morgan fingerprint density at radius 2 is 1.90 bits per heavy atom. The van der Waals surface area contributed by atoms with Gasteiger partial charge in [0.2, 0.25) is 0 Å². The van der Waals surface area contributed by atoms with Crippen LogP contribution in [0.15, 0.2) is 0 Å². The van der Waals surface area contributed by atoms with E-state index >= 15 is 0 Å². The van der Waals surface area contributed by atoms with Crippen LogP contribution in [0.4, 0.5) is 0 Å². The van der Waals surface area contributed by atoms with Gasteiger partial charge >= 0.3 is 51.4 Å². The third-order valence-electron chi connectivity index (χ3n) is 0.875. The van der Waals surface area contributed by atoms with Crippen molar-refractivity contribution in [2.24, 2.45) is 5.92 Å². The number of rotatable bonds is 4. The first-order chi connectivity index (χ1) is 4.13. The van der Waals surface area contributed by atoms with E-state index in [1.807, 2.05) is 13.8 Å². The van der Waals surface area contributed by atoms with Gasteiger partial charge in [0.05, 0.1) is 11.0 Å². The molecule has 0 saturated carbocycles. The van der Waals surface area contributed by atoms with Gasteiger partial charge in [-0.2, -0.15) is 0 Å². The van der Waals surface area contributed by atoms with Crippen molar-refractivity contribution in [2.45, 2.75) is 20.3 Å². The summed E-state index contributed by atoms with van der Waals surface area (Å²) in [4.78, 5) is 0. The van der Waals surface area contributed by atoms with E-state index in [4.69, 9.17) is 0 Å². The van der Waals surface area contributed by atoms with Gasteiger partial charge in [0.15, 0.2) is 0 Å². The van der Waals surface area contributed by atoms with E-state index in [-0.39, 0.29) is 51.4 Å². The van der Waals surface area contributed by atoms with E-state index in [1.165, 1.54) is 0 Å². The molecule has 3 nitrogen and oxygen atoms in total. The van der Waals surface area contributed by atoms with Crippen LogP contribution < -0.4 is 51.4 Å². The molecule has 0 aliphatic rings. The molecule has 0 unspecified atom stereocenters. The maximum absolute atomic E-state index is 9.76. The zero-order valence-corrected chi connectivity index (χ0v) is 10.6. The van der Waals surface area contributed by atoms with Gasteiger partial charge in [-0.1, -0.05) is 13.8 Å². The van der Waals surface area contributed by atoms with Crippen LogP contribution in [0.1, 0.15) is 20.3 Å². The van der Waals surface area contributed by atoms with Crippen LogP contribution in [0.25, 0.3) is 0 Å². The summed E-state index contributed by atoms with van der Waals surface area (Å²) in [6, 6.07) is 0. The molecule has 0 aromatic rings. The SMILES string of the molecule is CC(C)CCO[S-](=O)=O.[K+]. The average Bonchev–Trinajstić information content (AvgIpc) is 1.63. The predicted octanol–water partition coefficient (Wildman–Crippen LogP) is -1.72. The normalized spacial score (nSPS) is 10.0. The molecule has 5 heteroatoms. The van der Waals surface area contributed by atoms with Crippen molar-refractivity contribution in [3.63, 3.8) is 0 Å². The summed E-state index contributed by atoms with van der Waals surface area (Å²) in [5.41, 5.74) is 0. The molecule has 0 heterocycles. The number of hydrogen-bond acceptors (Lipinski definition) is 4. The fourth-order valence-corrected chi connectivity index (χ4v) is 0.584. The Labute approximate surface area is 106 Å². The maximum Gasteiger partial charge on any atom is 1.00 e. The Morgan fingerprint density at radius 1 is 1.40 bits per heavy atom. The molecule has 10 heavy (non-hydrogen) atoms. The van der Waals surface area contributed by atoms with E-state index in [0.29, 0.717) is 12.5 Å². The van der Waals surface area contributed by atoms with Crippen molar-refractivity contribution in [2.75, 3.05) is 6.61 Å². The predicted molar refractivity (Wildman–Crippen MR) is 34.1 cm³/mol. The van der Waals surface area contributed by atoms with E-state index in [1.54, 1.807) is 0 Å². The second-order valence-electron chi connectivity index (χ2n) is 2.21. The van der Waals surface area contributed by atoms with Crippen molar-refractivity contribution < 1.29 is 64.0 Å². The summed E-state index contributed by atoms with van der Waals surface area (Å²) in [7, 11) is -2.33. The first-order valence-electron chi connectivity index (χ1n) is 2.85. The van der Waals surface area contributed by atoms with Gasteiger partial charge in [-0.05, 0) is 12.3 Å². The molecule has 0 aliphatic heterocycles. The molecule has 0 bridgehead atoms. The zero-order chi connectivity index (χ0) is 7.28. The van der Waals surface area contributed by atoms with E-state index < -0.39 is 11.0 Å². The van der Waals surface area contributed by atoms with Crippen molar-refractivity contribution in [3.05, 3.63) is 0 Å². The minimum absolute atomic E-state index is 0. The Morgan fingerprint density at radius 3 is 2.20 bits per heavy atom. The van der Waals surface area contributed by atoms with Gasteiger partial charge in [-0.15, -0.1) is 0 Å². The topological polar surface area (TPSA) is 43.4 Å². The van der Waals surface area contributed by atoms with Gasteiger partial charge in [-0.25, -0.2) is 0 Å². The largest absolute Gasteiger partial charge is 1.00 e. The molecular weight excluding hydrogens is 179 g/mol. The standard InChI is InChI=1S/C5H11O3S.K/c1-5(2)3-4-8-9(6)7;/h5H,3-4H2,1-2H3;/q-1;+1. The van der Waals surface area contributed by atoms with Gasteiger partial charge in [-0.3, -0.25) is 0 Å². The van der Waals surface area contributed by atoms with E-state index in [2.05, 4.69) is 4.18 Å². The minimum Gasteiger partial charge on any atom is -0.424 e. The first-order valence-corrected chi connectivity index (χ1v) is 3.85. The molecule has 0 aliphatic carbocycles. The summed E-state index contributed by atoms with van der Waals surface area (Å²) >= 11 is 0. The van der Waals surface area contributed by atoms with Crippen LogP contribution in [-0.4, -0.2) is 6.61 Å².